The second kappa shape index (κ2) is 9.38. The lowest BCUT2D eigenvalue weighted by Gasteiger charge is -2.17. The maximum atomic E-state index is 13.0. The molecular formula is C27H23N5O. The lowest BCUT2D eigenvalue weighted by atomic mass is 10.1. The largest absolute Gasteiger partial charge is 0.337 e. The molecule has 0 N–H and O–H groups in total. The summed E-state index contributed by atoms with van der Waals surface area (Å²) in [6, 6.07) is 24.7. The minimum atomic E-state index is -0.0777. The van der Waals surface area contributed by atoms with Gasteiger partial charge in [-0.05, 0) is 60.0 Å². The van der Waals surface area contributed by atoms with E-state index < -0.39 is 0 Å². The SMILES string of the molecule is CN(Cc1ccc(C#N)cc1)C(=O)c1ccc2c(c1)nc(CCc1ccc(C#N)cc1)n2C. The van der Waals surface area contributed by atoms with Crippen molar-refractivity contribution in [2.45, 2.75) is 19.4 Å². The van der Waals surface area contributed by atoms with E-state index in [-0.39, 0.29) is 5.91 Å². The van der Waals surface area contributed by atoms with Gasteiger partial charge < -0.3 is 9.47 Å². The number of aromatic nitrogens is 2. The second-order valence-corrected chi connectivity index (χ2v) is 8.07. The van der Waals surface area contributed by atoms with Gasteiger partial charge >= 0.3 is 0 Å². The topological polar surface area (TPSA) is 85.7 Å². The van der Waals surface area contributed by atoms with Crippen LogP contribution in [0.5, 0.6) is 0 Å². The minimum absolute atomic E-state index is 0.0777. The van der Waals surface area contributed by atoms with Crippen LogP contribution in [0.15, 0.2) is 66.7 Å². The highest BCUT2D eigenvalue weighted by Gasteiger charge is 2.15. The molecule has 0 saturated heterocycles. The van der Waals surface area contributed by atoms with Crippen molar-refractivity contribution in [1.29, 1.82) is 10.5 Å². The summed E-state index contributed by atoms with van der Waals surface area (Å²) < 4.78 is 2.06. The van der Waals surface area contributed by atoms with Crippen molar-refractivity contribution in [1.82, 2.24) is 14.5 Å². The summed E-state index contributed by atoms with van der Waals surface area (Å²) >= 11 is 0. The lowest BCUT2D eigenvalue weighted by Crippen LogP contribution is -2.26. The molecule has 0 aliphatic rings. The average Bonchev–Trinajstić information content (AvgIpc) is 3.17. The summed E-state index contributed by atoms with van der Waals surface area (Å²) in [6.45, 7) is 0.459. The fourth-order valence-corrected chi connectivity index (χ4v) is 3.86. The van der Waals surface area contributed by atoms with Crippen LogP contribution in [-0.2, 0) is 26.4 Å². The quantitative estimate of drug-likeness (QED) is 0.452. The van der Waals surface area contributed by atoms with Crippen LogP contribution in [0.2, 0.25) is 0 Å². The van der Waals surface area contributed by atoms with Gasteiger partial charge in [-0.25, -0.2) is 4.98 Å². The third kappa shape index (κ3) is 4.76. The normalized spacial score (nSPS) is 10.5. The molecule has 1 aromatic heterocycles. The molecule has 4 aromatic rings. The number of fused-ring (bicyclic) bond motifs is 1. The van der Waals surface area contributed by atoms with E-state index in [1.165, 1.54) is 0 Å². The van der Waals surface area contributed by atoms with E-state index in [1.54, 1.807) is 24.1 Å². The first-order chi connectivity index (χ1) is 16.0. The summed E-state index contributed by atoms with van der Waals surface area (Å²) in [5, 5.41) is 17.9. The van der Waals surface area contributed by atoms with Crippen LogP contribution in [0.1, 0.15) is 38.4 Å². The fraction of sp³-hybridized carbons (Fsp3) is 0.185. The molecule has 0 bridgehead atoms. The third-order valence-electron chi connectivity index (χ3n) is 5.79. The number of nitriles is 2. The number of rotatable bonds is 6. The summed E-state index contributed by atoms with van der Waals surface area (Å²) in [5.41, 5.74) is 5.75. The van der Waals surface area contributed by atoms with Gasteiger partial charge in [0.25, 0.3) is 5.91 Å². The zero-order valence-corrected chi connectivity index (χ0v) is 18.6. The number of aryl methyl sites for hydroxylation is 3. The molecule has 33 heavy (non-hydrogen) atoms. The van der Waals surface area contributed by atoms with E-state index in [0.29, 0.717) is 23.2 Å². The molecule has 1 heterocycles. The van der Waals surface area contributed by atoms with Crippen molar-refractivity contribution < 1.29 is 4.79 Å². The maximum Gasteiger partial charge on any atom is 0.253 e. The van der Waals surface area contributed by atoms with Crippen molar-refractivity contribution in [3.05, 3.63) is 100 Å². The molecule has 1 amide bonds. The molecular weight excluding hydrogens is 410 g/mol. The molecule has 0 saturated carbocycles. The summed E-state index contributed by atoms with van der Waals surface area (Å²) in [4.78, 5) is 19.4. The van der Waals surface area contributed by atoms with Crippen LogP contribution in [0.25, 0.3) is 11.0 Å². The molecule has 162 valence electrons. The maximum absolute atomic E-state index is 13.0. The number of imidazole rings is 1. The van der Waals surface area contributed by atoms with E-state index in [4.69, 9.17) is 15.5 Å². The predicted molar refractivity (Wildman–Crippen MR) is 126 cm³/mol. The summed E-state index contributed by atoms with van der Waals surface area (Å²) in [6.07, 6.45) is 1.58. The molecule has 0 atom stereocenters. The number of hydrogen-bond acceptors (Lipinski definition) is 4. The fourth-order valence-electron chi connectivity index (χ4n) is 3.86. The summed E-state index contributed by atoms with van der Waals surface area (Å²) in [7, 11) is 3.76. The Hall–Kier alpha value is -4.42. The van der Waals surface area contributed by atoms with E-state index in [1.807, 2.05) is 61.6 Å². The Morgan fingerprint density at radius 2 is 1.52 bits per heavy atom. The number of benzene rings is 3. The zero-order chi connectivity index (χ0) is 23.4. The number of nitrogens with zero attached hydrogens (tertiary/aromatic N) is 5. The van der Waals surface area contributed by atoms with Gasteiger partial charge in [-0.2, -0.15) is 10.5 Å². The Balaban J connectivity index is 1.48. The molecule has 6 nitrogen and oxygen atoms in total. The first-order valence-corrected chi connectivity index (χ1v) is 10.7. The van der Waals surface area contributed by atoms with Crippen LogP contribution in [0.4, 0.5) is 0 Å². The van der Waals surface area contributed by atoms with Crippen molar-refractivity contribution >= 4 is 16.9 Å². The minimum Gasteiger partial charge on any atom is -0.337 e. The van der Waals surface area contributed by atoms with Crippen molar-refractivity contribution in [2.75, 3.05) is 7.05 Å². The van der Waals surface area contributed by atoms with Gasteiger partial charge in [0.15, 0.2) is 0 Å². The predicted octanol–water partition coefficient (Wildman–Crippen LogP) is 4.37. The first-order valence-electron chi connectivity index (χ1n) is 10.7. The van der Waals surface area contributed by atoms with Gasteiger partial charge in [-0.15, -0.1) is 0 Å². The van der Waals surface area contributed by atoms with E-state index in [2.05, 4.69) is 16.7 Å². The smallest absolute Gasteiger partial charge is 0.253 e. The Labute approximate surface area is 192 Å². The van der Waals surface area contributed by atoms with Crippen LogP contribution in [0, 0.1) is 22.7 Å². The summed E-state index contributed by atoms with van der Waals surface area (Å²) in [5.74, 6) is 0.871. The molecule has 6 heteroatoms. The lowest BCUT2D eigenvalue weighted by molar-refractivity contribution is 0.0785. The van der Waals surface area contributed by atoms with Gasteiger partial charge in [-0.1, -0.05) is 24.3 Å². The van der Waals surface area contributed by atoms with Crippen LogP contribution in [-0.4, -0.2) is 27.4 Å². The van der Waals surface area contributed by atoms with Gasteiger partial charge in [-0.3, -0.25) is 4.79 Å². The average molecular weight is 434 g/mol. The number of amides is 1. The van der Waals surface area contributed by atoms with Crippen LogP contribution >= 0.6 is 0 Å². The second-order valence-electron chi connectivity index (χ2n) is 8.07. The number of carbonyl (C=O) groups is 1. The molecule has 0 radical (unpaired) electrons. The molecule has 0 aliphatic carbocycles. The molecule has 0 aliphatic heterocycles. The highest BCUT2D eigenvalue weighted by molar-refractivity contribution is 5.97. The Morgan fingerprint density at radius 3 is 2.12 bits per heavy atom. The number of carbonyl (C=O) groups excluding carboxylic acids is 1. The Morgan fingerprint density at radius 1 is 0.909 bits per heavy atom. The van der Waals surface area contributed by atoms with Crippen LogP contribution < -0.4 is 0 Å². The van der Waals surface area contributed by atoms with Crippen LogP contribution in [0.3, 0.4) is 0 Å². The molecule has 0 fully saturated rings. The highest BCUT2D eigenvalue weighted by Crippen LogP contribution is 2.20. The number of hydrogen-bond donors (Lipinski definition) is 0. The monoisotopic (exact) mass is 433 g/mol. The zero-order valence-electron chi connectivity index (χ0n) is 18.6. The first kappa shape index (κ1) is 21.8. The molecule has 3 aromatic carbocycles. The Kier molecular flexibility index (Phi) is 6.20. The van der Waals surface area contributed by atoms with Gasteiger partial charge in [0, 0.05) is 32.6 Å². The van der Waals surface area contributed by atoms with Gasteiger partial charge in [0.1, 0.15) is 5.82 Å². The van der Waals surface area contributed by atoms with E-state index in [0.717, 1.165) is 40.8 Å². The van der Waals surface area contributed by atoms with Gasteiger partial charge in [0.05, 0.1) is 34.3 Å². The van der Waals surface area contributed by atoms with Crippen molar-refractivity contribution in [3.63, 3.8) is 0 Å². The Bertz CT molecular complexity index is 1390. The molecule has 0 spiro atoms. The molecule has 0 unspecified atom stereocenters. The van der Waals surface area contributed by atoms with E-state index >= 15 is 0 Å². The van der Waals surface area contributed by atoms with E-state index in [9.17, 15) is 4.79 Å². The molecule has 4 rings (SSSR count). The standard InChI is InChI=1S/C27H23N5O/c1-31(18-22-9-7-21(17-29)8-10-22)27(33)23-12-13-25-24(15-23)30-26(32(25)2)14-11-19-3-5-20(16-28)6-4-19/h3-10,12-13,15H,11,14,18H2,1-2H3. The third-order valence-corrected chi connectivity index (χ3v) is 5.79. The van der Waals surface area contributed by atoms with Gasteiger partial charge in [0.2, 0.25) is 0 Å². The van der Waals surface area contributed by atoms with Crippen molar-refractivity contribution in [3.8, 4) is 12.1 Å². The highest BCUT2D eigenvalue weighted by atomic mass is 16.2. The van der Waals surface area contributed by atoms with Crippen molar-refractivity contribution in [2.24, 2.45) is 7.05 Å².